The average Bonchev–Trinajstić information content (AvgIpc) is 3.57. The molecule has 2 aliphatic rings. The number of nitrogens with zero attached hydrogens (tertiary/aromatic N) is 2. The fourth-order valence-electron chi connectivity index (χ4n) is 5.97. The summed E-state index contributed by atoms with van der Waals surface area (Å²) in [6.07, 6.45) is 4.60. The van der Waals surface area contributed by atoms with E-state index in [9.17, 15) is 33.1 Å². The van der Waals surface area contributed by atoms with Crippen molar-refractivity contribution in [1.82, 2.24) is 14.8 Å². The van der Waals surface area contributed by atoms with Gasteiger partial charge in [-0.1, -0.05) is 36.2 Å². The number of aromatic nitrogens is 1. The maximum absolute atomic E-state index is 14.3. The number of benzene rings is 2. The first-order chi connectivity index (χ1) is 18.5. The summed E-state index contributed by atoms with van der Waals surface area (Å²) < 4.78 is 27.7. The number of fused-ring (bicyclic) bond motifs is 2. The van der Waals surface area contributed by atoms with Gasteiger partial charge in [0.1, 0.15) is 18.4 Å². The monoisotopic (exact) mass is 575 g/mol. The van der Waals surface area contributed by atoms with Gasteiger partial charge in [0.05, 0.1) is 15.8 Å². The lowest BCUT2D eigenvalue weighted by Crippen LogP contribution is -2.49. The normalized spacial score (nSPS) is 20.8. The second-order valence-corrected chi connectivity index (χ2v) is 12.2. The number of ketones is 1. The highest BCUT2D eigenvalue weighted by atomic mass is 35.5. The predicted molar refractivity (Wildman–Crippen MR) is 143 cm³/mol. The molecule has 1 aliphatic carbocycles. The van der Waals surface area contributed by atoms with Gasteiger partial charge in [-0.15, -0.1) is 0 Å². The second-order valence-electron chi connectivity index (χ2n) is 10.2. The first-order valence-electron chi connectivity index (χ1n) is 12.7. The third-order valence-electron chi connectivity index (χ3n) is 7.80. The second kappa shape index (κ2) is 10.5. The summed E-state index contributed by atoms with van der Waals surface area (Å²) in [5.41, 5.74) is 0.908. The Morgan fingerprint density at radius 1 is 1.18 bits per heavy atom. The molecule has 0 spiro atoms. The number of carbonyl (C=O) groups is 3. The first-order valence-corrected chi connectivity index (χ1v) is 14.7. The van der Waals surface area contributed by atoms with Crippen molar-refractivity contribution in [2.45, 2.75) is 57.8 Å². The van der Waals surface area contributed by atoms with E-state index in [1.165, 1.54) is 48.0 Å². The molecule has 2 fully saturated rings. The summed E-state index contributed by atoms with van der Waals surface area (Å²) in [4.78, 5) is 60.2. The Kier molecular flexibility index (Phi) is 7.41. The number of likely N-dealkylation sites (tertiary alicyclic amines) is 1. The van der Waals surface area contributed by atoms with Crippen molar-refractivity contribution < 1.29 is 33.1 Å². The van der Waals surface area contributed by atoms with Gasteiger partial charge in [0.25, 0.3) is 0 Å². The minimum Gasteiger partial charge on any atom is -0.350 e. The number of hydrogen-bond acceptors (Lipinski definition) is 4. The van der Waals surface area contributed by atoms with Crippen LogP contribution in [0.2, 0.25) is 5.02 Å². The molecular weight excluding hydrogens is 548 g/mol. The fraction of sp³-hybridized carbons (Fsp3) is 0.370. The third kappa shape index (κ3) is 5.26. The van der Waals surface area contributed by atoms with Crippen LogP contribution in [-0.4, -0.2) is 48.9 Å². The molecule has 3 N–H and O–H groups in total. The molecular formula is C27H28ClFN3O6P. The van der Waals surface area contributed by atoms with E-state index in [0.717, 1.165) is 19.3 Å². The Hall–Kier alpha value is -3.04. The first kappa shape index (κ1) is 27.5. The van der Waals surface area contributed by atoms with Gasteiger partial charge in [0.2, 0.25) is 11.8 Å². The molecule has 0 radical (unpaired) electrons. The van der Waals surface area contributed by atoms with E-state index in [4.69, 9.17) is 11.6 Å². The fourth-order valence-corrected chi connectivity index (χ4v) is 6.72. The van der Waals surface area contributed by atoms with Gasteiger partial charge >= 0.3 is 7.60 Å². The van der Waals surface area contributed by atoms with Gasteiger partial charge in [0.15, 0.2) is 5.78 Å². The summed E-state index contributed by atoms with van der Waals surface area (Å²) in [5.74, 6) is -1.42. The molecule has 206 valence electrons. The van der Waals surface area contributed by atoms with Crippen LogP contribution >= 0.6 is 19.2 Å². The molecule has 1 saturated heterocycles. The molecule has 2 heterocycles. The Bertz CT molecular complexity index is 1540. The lowest BCUT2D eigenvalue weighted by atomic mass is 10.0. The smallest absolute Gasteiger partial charge is 0.350 e. The standard InChI is InChI=1S/C27H28ClFN3O6P/c1-15(33)20-13-31(23-11-18(39(36,37)38)8-9-19(20)23)14-25(34)32-22-7-3-4-16(22)10-24(32)27(35)30-12-17-5-2-6-21(28)26(17)29/h2,5-6,8-9,11,13,16,22,24H,3-4,7,10,12,14H2,1H3,(H,30,35)(H2,36,37,38). The van der Waals surface area contributed by atoms with Crippen LogP contribution in [-0.2, 0) is 27.2 Å². The molecule has 1 aliphatic heterocycles. The molecule has 3 atom stereocenters. The van der Waals surface area contributed by atoms with Crippen molar-refractivity contribution in [2.75, 3.05) is 0 Å². The lowest BCUT2D eigenvalue weighted by molar-refractivity contribution is -0.141. The van der Waals surface area contributed by atoms with Crippen LogP contribution in [0.5, 0.6) is 0 Å². The number of Topliss-reactive ketones (excluding diaryl/α,β-unsaturated/α-hetero) is 1. The number of halogens is 2. The number of amides is 2. The van der Waals surface area contributed by atoms with Crippen LogP contribution in [0.15, 0.2) is 42.6 Å². The van der Waals surface area contributed by atoms with Crippen LogP contribution in [0.4, 0.5) is 4.39 Å². The zero-order valence-corrected chi connectivity index (χ0v) is 22.8. The zero-order valence-electron chi connectivity index (χ0n) is 21.1. The molecule has 12 heteroatoms. The van der Waals surface area contributed by atoms with Crippen LogP contribution < -0.4 is 10.6 Å². The van der Waals surface area contributed by atoms with Crippen LogP contribution in [0.3, 0.4) is 0 Å². The number of rotatable bonds is 7. The molecule has 0 bridgehead atoms. The van der Waals surface area contributed by atoms with Gasteiger partial charge < -0.3 is 24.6 Å². The molecule has 2 aromatic carbocycles. The highest BCUT2D eigenvalue weighted by Crippen LogP contribution is 2.42. The van der Waals surface area contributed by atoms with Crippen molar-refractivity contribution in [2.24, 2.45) is 5.92 Å². The molecule has 1 saturated carbocycles. The van der Waals surface area contributed by atoms with E-state index < -0.39 is 19.5 Å². The Morgan fingerprint density at radius 2 is 1.95 bits per heavy atom. The molecule has 1 aromatic heterocycles. The number of hydrogen-bond donors (Lipinski definition) is 3. The largest absolute Gasteiger partial charge is 0.356 e. The van der Waals surface area contributed by atoms with Crippen LogP contribution in [0.25, 0.3) is 10.9 Å². The molecule has 5 rings (SSSR count). The summed E-state index contributed by atoms with van der Waals surface area (Å²) in [6, 6.07) is 7.73. The number of carbonyl (C=O) groups excluding carboxylic acids is 3. The molecule has 9 nitrogen and oxygen atoms in total. The minimum atomic E-state index is -4.57. The molecule has 39 heavy (non-hydrogen) atoms. The summed E-state index contributed by atoms with van der Waals surface area (Å²) in [7, 11) is -4.57. The van der Waals surface area contributed by atoms with E-state index in [1.54, 1.807) is 11.0 Å². The van der Waals surface area contributed by atoms with Crippen LogP contribution in [0.1, 0.15) is 48.5 Å². The average molecular weight is 576 g/mol. The van der Waals surface area contributed by atoms with Crippen molar-refractivity contribution >= 4 is 53.0 Å². The van der Waals surface area contributed by atoms with E-state index in [0.29, 0.717) is 22.9 Å². The van der Waals surface area contributed by atoms with Crippen LogP contribution in [0, 0.1) is 11.7 Å². The SMILES string of the molecule is CC(=O)c1cn(CC(=O)N2C(C(=O)NCc3cccc(Cl)c3F)CC3CCCC32)c2cc(P(=O)(O)O)ccc12. The Morgan fingerprint density at radius 3 is 2.67 bits per heavy atom. The summed E-state index contributed by atoms with van der Waals surface area (Å²) in [6.45, 7) is 1.09. The zero-order chi connectivity index (χ0) is 28.1. The van der Waals surface area contributed by atoms with Gasteiger partial charge in [-0.05, 0) is 50.3 Å². The lowest BCUT2D eigenvalue weighted by Gasteiger charge is -2.29. The summed E-state index contributed by atoms with van der Waals surface area (Å²) in [5, 5.41) is 2.96. The van der Waals surface area contributed by atoms with E-state index >= 15 is 0 Å². The molecule has 3 unspecified atom stereocenters. The topological polar surface area (TPSA) is 129 Å². The highest BCUT2D eigenvalue weighted by molar-refractivity contribution is 7.60. The van der Waals surface area contributed by atoms with Crippen molar-refractivity contribution in [3.05, 3.63) is 64.6 Å². The van der Waals surface area contributed by atoms with Gasteiger partial charge in [-0.25, -0.2) is 4.39 Å². The molecule has 3 aromatic rings. The van der Waals surface area contributed by atoms with E-state index in [1.807, 2.05) is 0 Å². The highest BCUT2D eigenvalue weighted by Gasteiger charge is 2.48. The van der Waals surface area contributed by atoms with Crippen molar-refractivity contribution in [3.8, 4) is 0 Å². The maximum Gasteiger partial charge on any atom is 0.356 e. The van der Waals surface area contributed by atoms with Gasteiger partial charge in [-0.3, -0.25) is 18.9 Å². The van der Waals surface area contributed by atoms with Crippen molar-refractivity contribution in [1.29, 1.82) is 0 Å². The number of nitrogens with one attached hydrogen (secondary N) is 1. The molecule has 2 amide bonds. The summed E-state index contributed by atoms with van der Waals surface area (Å²) >= 11 is 5.85. The Balaban J connectivity index is 1.42. The van der Waals surface area contributed by atoms with E-state index in [-0.39, 0.29) is 58.5 Å². The predicted octanol–water partition coefficient (Wildman–Crippen LogP) is 3.53. The van der Waals surface area contributed by atoms with Gasteiger partial charge in [0, 0.05) is 35.3 Å². The third-order valence-corrected chi connectivity index (χ3v) is 9.04. The van der Waals surface area contributed by atoms with E-state index in [2.05, 4.69) is 5.32 Å². The van der Waals surface area contributed by atoms with Crippen molar-refractivity contribution in [3.63, 3.8) is 0 Å². The maximum atomic E-state index is 14.3. The van der Waals surface area contributed by atoms with Gasteiger partial charge in [-0.2, -0.15) is 0 Å². The minimum absolute atomic E-state index is 0.0419. The quantitative estimate of drug-likeness (QED) is 0.292. The Labute approximate surface area is 229 Å².